The predicted octanol–water partition coefficient (Wildman–Crippen LogP) is 2.38. The van der Waals surface area contributed by atoms with Crippen LogP contribution in [0.3, 0.4) is 0 Å². The second kappa shape index (κ2) is 6.74. The van der Waals surface area contributed by atoms with Gasteiger partial charge in [-0.05, 0) is 38.3 Å². The fourth-order valence-electron chi connectivity index (χ4n) is 2.72. The second-order valence-corrected chi connectivity index (χ2v) is 5.45. The summed E-state index contributed by atoms with van der Waals surface area (Å²) in [7, 11) is 0. The average molecular weight is 303 g/mol. The standard InChI is InChI=1S/C15H21N5O2/c1-2-20(10-11-6-3-4-9-22-11)15(21)16-12-7-5-8-13-14(12)18-19-17-13/h5,7-8,11H,2-4,6,9-10H2,1H3,(H,16,21)(H,17,18,19)/t11-/m1/s1. The zero-order chi connectivity index (χ0) is 15.4. The zero-order valence-corrected chi connectivity index (χ0v) is 12.7. The number of ether oxygens (including phenoxy) is 1. The fraction of sp³-hybridized carbons (Fsp3) is 0.533. The summed E-state index contributed by atoms with van der Waals surface area (Å²) in [6, 6.07) is 5.39. The maximum absolute atomic E-state index is 12.5. The second-order valence-electron chi connectivity index (χ2n) is 5.45. The van der Waals surface area contributed by atoms with Crippen LogP contribution in [-0.2, 0) is 4.74 Å². The molecular formula is C15H21N5O2. The van der Waals surface area contributed by atoms with E-state index in [1.165, 1.54) is 6.42 Å². The lowest BCUT2D eigenvalue weighted by molar-refractivity contribution is 0.00221. The summed E-state index contributed by atoms with van der Waals surface area (Å²) >= 11 is 0. The van der Waals surface area contributed by atoms with Gasteiger partial charge >= 0.3 is 6.03 Å². The van der Waals surface area contributed by atoms with Crippen molar-refractivity contribution in [2.75, 3.05) is 25.0 Å². The molecule has 22 heavy (non-hydrogen) atoms. The Labute approximate surface area is 129 Å². The van der Waals surface area contributed by atoms with Crippen LogP contribution in [0.4, 0.5) is 10.5 Å². The van der Waals surface area contributed by atoms with Crippen LogP contribution in [0.1, 0.15) is 26.2 Å². The number of para-hydroxylation sites is 1. The van der Waals surface area contributed by atoms with Gasteiger partial charge in [0.05, 0.1) is 11.8 Å². The van der Waals surface area contributed by atoms with Gasteiger partial charge in [0, 0.05) is 19.7 Å². The van der Waals surface area contributed by atoms with E-state index in [9.17, 15) is 4.79 Å². The van der Waals surface area contributed by atoms with Crippen LogP contribution < -0.4 is 5.32 Å². The van der Waals surface area contributed by atoms with Gasteiger partial charge in [0.1, 0.15) is 11.0 Å². The third-order valence-electron chi connectivity index (χ3n) is 3.96. The van der Waals surface area contributed by atoms with Gasteiger partial charge in [-0.1, -0.05) is 6.07 Å². The number of aromatic amines is 1. The number of urea groups is 1. The summed E-state index contributed by atoms with van der Waals surface area (Å²) in [5, 5.41) is 13.6. The van der Waals surface area contributed by atoms with Crippen LogP contribution in [-0.4, -0.2) is 52.1 Å². The van der Waals surface area contributed by atoms with Gasteiger partial charge in [0.15, 0.2) is 0 Å². The molecule has 0 aliphatic carbocycles. The summed E-state index contributed by atoms with van der Waals surface area (Å²) < 4.78 is 5.72. The summed E-state index contributed by atoms with van der Waals surface area (Å²) in [4.78, 5) is 14.3. The molecule has 1 saturated heterocycles. The minimum Gasteiger partial charge on any atom is -0.376 e. The topological polar surface area (TPSA) is 83.1 Å². The molecule has 1 aromatic heterocycles. The molecule has 1 atom stereocenters. The van der Waals surface area contributed by atoms with Crippen LogP contribution in [0.25, 0.3) is 11.0 Å². The van der Waals surface area contributed by atoms with Crippen LogP contribution >= 0.6 is 0 Å². The third-order valence-corrected chi connectivity index (χ3v) is 3.96. The number of benzene rings is 1. The maximum Gasteiger partial charge on any atom is 0.321 e. The van der Waals surface area contributed by atoms with Crippen molar-refractivity contribution in [1.29, 1.82) is 0 Å². The van der Waals surface area contributed by atoms with Crippen LogP contribution in [0.2, 0.25) is 0 Å². The van der Waals surface area contributed by atoms with E-state index in [0.717, 1.165) is 25.0 Å². The van der Waals surface area contributed by atoms with E-state index in [0.29, 0.717) is 24.3 Å². The molecule has 1 fully saturated rings. The largest absolute Gasteiger partial charge is 0.376 e. The van der Waals surface area contributed by atoms with E-state index in [2.05, 4.69) is 20.7 Å². The number of rotatable bonds is 4. The molecule has 2 N–H and O–H groups in total. The van der Waals surface area contributed by atoms with E-state index < -0.39 is 0 Å². The van der Waals surface area contributed by atoms with Gasteiger partial charge in [0.25, 0.3) is 0 Å². The van der Waals surface area contributed by atoms with Crippen molar-refractivity contribution < 1.29 is 9.53 Å². The Morgan fingerprint density at radius 1 is 1.45 bits per heavy atom. The number of carbonyl (C=O) groups is 1. The highest BCUT2D eigenvalue weighted by Gasteiger charge is 2.21. The Morgan fingerprint density at radius 3 is 3.14 bits per heavy atom. The number of amides is 2. The van der Waals surface area contributed by atoms with E-state index in [-0.39, 0.29) is 12.1 Å². The minimum atomic E-state index is -0.132. The van der Waals surface area contributed by atoms with E-state index in [1.54, 1.807) is 4.90 Å². The SMILES string of the molecule is CCN(C[C@H]1CCCCO1)C(=O)Nc1cccc2n[nH]nc12. The number of carbonyl (C=O) groups excluding carboxylic acids is 1. The Balaban J connectivity index is 1.67. The number of hydrogen-bond donors (Lipinski definition) is 2. The van der Waals surface area contributed by atoms with E-state index in [4.69, 9.17) is 4.74 Å². The lowest BCUT2D eigenvalue weighted by Gasteiger charge is -2.29. The lowest BCUT2D eigenvalue weighted by Crippen LogP contribution is -2.41. The molecule has 118 valence electrons. The first-order valence-electron chi connectivity index (χ1n) is 7.75. The van der Waals surface area contributed by atoms with Crippen molar-refractivity contribution in [3.63, 3.8) is 0 Å². The molecule has 0 saturated carbocycles. The Morgan fingerprint density at radius 2 is 2.36 bits per heavy atom. The van der Waals surface area contributed by atoms with Gasteiger partial charge in [-0.2, -0.15) is 15.4 Å². The summed E-state index contributed by atoms with van der Waals surface area (Å²) in [5.41, 5.74) is 2.07. The molecule has 7 heteroatoms. The van der Waals surface area contributed by atoms with E-state index in [1.807, 2.05) is 25.1 Å². The third kappa shape index (κ3) is 3.19. The van der Waals surface area contributed by atoms with Crippen molar-refractivity contribution in [3.05, 3.63) is 18.2 Å². The lowest BCUT2D eigenvalue weighted by atomic mass is 10.1. The number of nitrogens with one attached hydrogen (secondary N) is 2. The van der Waals surface area contributed by atoms with Crippen molar-refractivity contribution in [2.45, 2.75) is 32.3 Å². The highest BCUT2D eigenvalue weighted by Crippen LogP contribution is 2.20. The number of aromatic nitrogens is 3. The van der Waals surface area contributed by atoms with Gasteiger partial charge in [0.2, 0.25) is 0 Å². The molecule has 0 unspecified atom stereocenters. The number of likely N-dealkylation sites (N-methyl/N-ethyl adjacent to an activating group) is 1. The Bertz CT molecular complexity index is 636. The number of fused-ring (bicyclic) bond motifs is 1. The van der Waals surface area contributed by atoms with Gasteiger partial charge < -0.3 is 15.0 Å². The van der Waals surface area contributed by atoms with Crippen LogP contribution in [0.15, 0.2) is 18.2 Å². The number of nitrogens with zero attached hydrogens (tertiary/aromatic N) is 3. The first-order chi connectivity index (χ1) is 10.8. The molecule has 7 nitrogen and oxygen atoms in total. The molecular weight excluding hydrogens is 282 g/mol. The minimum absolute atomic E-state index is 0.132. The van der Waals surface area contributed by atoms with Crippen LogP contribution in [0, 0.1) is 0 Å². The van der Waals surface area contributed by atoms with Gasteiger partial charge in [-0.3, -0.25) is 0 Å². The normalized spacial score (nSPS) is 18.3. The van der Waals surface area contributed by atoms with Crippen molar-refractivity contribution in [1.82, 2.24) is 20.3 Å². The first kappa shape index (κ1) is 14.8. The van der Waals surface area contributed by atoms with E-state index >= 15 is 0 Å². The average Bonchev–Trinajstić information content (AvgIpc) is 3.03. The summed E-state index contributed by atoms with van der Waals surface area (Å²) in [6.45, 7) is 4.03. The molecule has 0 radical (unpaired) electrons. The number of anilines is 1. The summed E-state index contributed by atoms with van der Waals surface area (Å²) in [6.07, 6.45) is 3.44. The quantitative estimate of drug-likeness (QED) is 0.908. The number of hydrogen-bond acceptors (Lipinski definition) is 4. The maximum atomic E-state index is 12.5. The molecule has 0 bridgehead atoms. The smallest absolute Gasteiger partial charge is 0.321 e. The molecule has 3 rings (SSSR count). The Hall–Kier alpha value is -2.15. The molecule has 1 aliphatic heterocycles. The summed E-state index contributed by atoms with van der Waals surface area (Å²) in [5.74, 6) is 0. The van der Waals surface area contributed by atoms with Crippen LogP contribution in [0.5, 0.6) is 0 Å². The predicted molar refractivity (Wildman–Crippen MR) is 83.7 cm³/mol. The monoisotopic (exact) mass is 303 g/mol. The molecule has 0 spiro atoms. The molecule has 1 aromatic carbocycles. The molecule has 2 heterocycles. The molecule has 2 amide bonds. The highest BCUT2D eigenvalue weighted by molar-refractivity contribution is 5.98. The molecule has 1 aliphatic rings. The molecule has 2 aromatic rings. The van der Waals surface area contributed by atoms with Gasteiger partial charge in [-0.25, -0.2) is 4.79 Å². The zero-order valence-electron chi connectivity index (χ0n) is 12.7. The van der Waals surface area contributed by atoms with Crippen molar-refractivity contribution >= 4 is 22.8 Å². The first-order valence-corrected chi connectivity index (χ1v) is 7.75. The van der Waals surface area contributed by atoms with Crippen molar-refractivity contribution in [2.24, 2.45) is 0 Å². The van der Waals surface area contributed by atoms with Gasteiger partial charge in [-0.15, -0.1) is 0 Å². The Kier molecular flexibility index (Phi) is 4.53. The number of H-pyrrole nitrogens is 1. The highest BCUT2D eigenvalue weighted by atomic mass is 16.5. The van der Waals surface area contributed by atoms with Crippen molar-refractivity contribution in [3.8, 4) is 0 Å². The fourth-order valence-corrected chi connectivity index (χ4v) is 2.72.